The smallest absolute Gasteiger partial charge is 0.122 e. The van der Waals surface area contributed by atoms with Crippen LogP contribution < -0.4 is 4.74 Å². The monoisotopic (exact) mass is 460 g/mol. The second-order valence-electron chi connectivity index (χ2n) is 8.39. The number of halogens is 1. The van der Waals surface area contributed by atoms with Crippen LogP contribution in [0.3, 0.4) is 0 Å². The molecule has 1 aromatic heterocycles. The first-order valence-electron chi connectivity index (χ1n) is 11.4. The van der Waals surface area contributed by atoms with Gasteiger partial charge in [-0.05, 0) is 79.8 Å². The van der Waals surface area contributed by atoms with Crippen LogP contribution in [-0.2, 0) is 0 Å². The molecular formula is C28H29ClN2O2. The van der Waals surface area contributed by atoms with Crippen molar-refractivity contribution in [3.63, 3.8) is 0 Å². The number of benzene rings is 2. The summed E-state index contributed by atoms with van der Waals surface area (Å²) in [6.07, 6.45) is 5.30. The summed E-state index contributed by atoms with van der Waals surface area (Å²) in [5.41, 5.74) is 4.82. The topological polar surface area (TPSA) is 45.6 Å². The molecule has 0 aliphatic carbocycles. The third kappa shape index (κ3) is 6.36. The number of aryl methyl sites for hydroxylation is 1. The fourth-order valence-corrected chi connectivity index (χ4v) is 4.27. The highest BCUT2D eigenvalue weighted by atomic mass is 35.5. The van der Waals surface area contributed by atoms with Crippen LogP contribution in [0.4, 0.5) is 0 Å². The zero-order valence-corrected chi connectivity index (χ0v) is 19.7. The predicted molar refractivity (Wildman–Crippen MR) is 134 cm³/mol. The maximum absolute atomic E-state index is 9.56. The SMILES string of the molecule is Cc1cc(C#Cc2ccc(-c3ccc(Cl)cc3)cn2)ccc1OCCN1CCCCC1CO. The van der Waals surface area contributed by atoms with Gasteiger partial charge in [0.2, 0.25) is 0 Å². The predicted octanol–water partition coefficient (Wildman–Crippen LogP) is 5.34. The van der Waals surface area contributed by atoms with Crippen LogP contribution in [0.1, 0.15) is 36.1 Å². The number of aromatic nitrogens is 1. The summed E-state index contributed by atoms with van der Waals surface area (Å²) in [7, 11) is 0. The van der Waals surface area contributed by atoms with Crippen molar-refractivity contribution in [1.82, 2.24) is 9.88 Å². The van der Waals surface area contributed by atoms with Gasteiger partial charge >= 0.3 is 0 Å². The van der Waals surface area contributed by atoms with Crippen molar-refractivity contribution >= 4 is 11.6 Å². The van der Waals surface area contributed by atoms with E-state index in [0.29, 0.717) is 6.61 Å². The molecule has 2 aromatic carbocycles. The van der Waals surface area contributed by atoms with Gasteiger partial charge in [-0.1, -0.05) is 42.1 Å². The van der Waals surface area contributed by atoms with Gasteiger partial charge in [-0.15, -0.1) is 0 Å². The minimum atomic E-state index is 0.227. The minimum Gasteiger partial charge on any atom is -0.492 e. The number of aliphatic hydroxyl groups excluding tert-OH is 1. The first-order valence-corrected chi connectivity index (χ1v) is 11.8. The number of likely N-dealkylation sites (tertiary alicyclic amines) is 1. The van der Waals surface area contributed by atoms with Gasteiger partial charge < -0.3 is 9.84 Å². The molecule has 1 unspecified atom stereocenters. The van der Waals surface area contributed by atoms with E-state index in [1.807, 2.05) is 67.7 Å². The molecule has 4 rings (SSSR count). The Bertz CT molecular complexity index is 1120. The summed E-state index contributed by atoms with van der Waals surface area (Å²) in [5.74, 6) is 7.21. The van der Waals surface area contributed by atoms with Crippen molar-refractivity contribution in [2.75, 3.05) is 26.3 Å². The largest absolute Gasteiger partial charge is 0.492 e. The Labute approximate surface area is 201 Å². The zero-order valence-electron chi connectivity index (χ0n) is 18.9. The van der Waals surface area contributed by atoms with E-state index in [2.05, 4.69) is 21.7 Å². The average Bonchev–Trinajstić information content (AvgIpc) is 2.85. The van der Waals surface area contributed by atoms with Crippen molar-refractivity contribution in [2.24, 2.45) is 0 Å². The van der Waals surface area contributed by atoms with Crippen LogP contribution in [0.2, 0.25) is 5.02 Å². The molecule has 5 heteroatoms. The summed E-state index contributed by atoms with van der Waals surface area (Å²) in [5, 5.41) is 10.3. The summed E-state index contributed by atoms with van der Waals surface area (Å²) in [6.45, 7) is 4.76. The summed E-state index contributed by atoms with van der Waals surface area (Å²) in [4.78, 5) is 6.81. The van der Waals surface area contributed by atoms with E-state index in [0.717, 1.165) is 58.2 Å². The highest BCUT2D eigenvalue weighted by molar-refractivity contribution is 6.30. The second-order valence-corrected chi connectivity index (χ2v) is 8.82. The molecule has 0 radical (unpaired) electrons. The summed E-state index contributed by atoms with van der Waals surface area (Å²) < 4.78 is 6.02. The Morgan fingerprint density at radius 1 is 1.06 bits per heavy atom. The Kier molecular flexibility index (Phi) is 8.01. The van der Waals surface area contributed by atoms with E-state index in [4.69, 9.17) is 16.3 Å². The normalized spacial score (nSPS) is 16.2. The fourth-order valence-electron chi connectivity index (χ4n) is 4.14. The zero-order chi connectivity index (χ0) is 23.0. The maximum Gasteiger partial charge on any atom is 0.122 e. The lowest BCUT2D eigenvalue weighted by Crippen LogP contribution is -2.43. The number of nitrogens with zero attached hydrogens (tertiary/aromatic N) is 2. The lowest BCUT2D eigenvalue weighted by atomic mass is 10.0. The van der Waals surface area contributed by atoms with Gasteiger partial charge in [0.05, 0.1) is 6.61 Å². The van der Waals surface area contributed by atoms with Crippen molar-refractivity contribution < 1.29 is 9.84 Å². The van der Waals surface area contributed by atoms with E-state index < -0.39 is 0 Å². The molecule has 3 aromatic rings. The summed E-state index contributed by atoms with van der Waals surface area (Å²) in [6, 6.07) is 17.9. The van der Waals surface area contributed by atoms with Crippen LogP contribution in [0.15, 0.2) is 60.8 Å². The number of pyridine rings is 1. The van der Waals surface area contributed by atoms with Crippen LogP contribution in [0.5, 0.6) is 5.75 Å². The third-order valence-corrected chi connectivity index (χ3v) is 6.30. The molecule has 1 aliphatic rings. The number of piperidine rings is 1. The molecule has 0 bridgehead atoms. The Hall–Kier alpha value is -2.84. The molecule has 4 nitrogen and oxygen atoms in total. The second kappa shape index (κ2) is 11.3. The molecule has 1 atom stereocenters. The Morgan fingerprint density at radius 3 is 2.61 bits per heavy atom. The van der Waals surface area contributed by atoms with E-state index >= 15 is 0 Å². The number of rotatable bonds is 6. The Morgan fingerprint density at radius 2 is 1.88 bits per heavy atom. The highest BCUT2D eigenvalue weighted by Crippen LogP contribution is 2.22. The molecule has 0 spiro atoms. The van der Waals surface area contributed by atoms with Gasteiger partial charge in [-0.3, -0.25) is 4.90 Å². The number of hydrogen-bond acceptors (Lipinski definition) is 4. The molecule has 1 fully saturated rings. The fraction of sp³-hybridized carbons (Fsp3) is 0.321. The van der Waals surface area contributed by atoms with Crippen molar-refractivity contribution in [1.29, 1.82) is 0 Å². The minimum absolute atomic E-state index is 0.227. The molecule has 0 saturated carbocycles. The van der Waals surface area contributed by atoms with Gasteiger partial charge in [0.1, 0.15) is 18.1 Å². The molecule has 1 aliphatic heterocycles. The average molecular weight is 461 g/mol. The first kappa shape index (κ1) is 23.3. The molecule has 33 heavy (non-hydrogen) atoms. The molecule has 0 amide bonds. The number of ether oxygens (including phenoxy) is 1. The van der Waals surface area contributed by atoms with Crippen molar-refractivity contribution in [3.05, 3.63) is 82.6 Å². The van der Waals surface area contributed by atoms with Gasteiger partial charge in [0, 0.05) is 34.9 Å². The van der Waals surface area contributed by atoms with Crippen molar-refractivity contribution in [2.45, 2.75) is 32.2 Å². The van der Waals surface area contributed by atoms with Crippen LogP contribution in [-0.4, -0.2) is 47.3 Å². The van der Waals surface area contributed by atoms with E-state index in [9.17, 15) is 5.11 Å². The van der Waals surface area contributed by atoms with Gasteiger partial charge in [0.15, 0.2) is 0 Å². The van der Waals surface area contributed by atoms with E-state index in [-0.39, 0.29) is 12.6 Å². The lowest BCUT2D eigenvalue weighted by Gasteiger charge is -2.34. The van der Waals surface area contributed by atoms with E-state index in [1.54, 1.807) is 0 Å². The van der Waals surface area contributed by atoms with E-state index in [1.165, 1.54) is 12.8 Å². The lowest BCUT2D eigenvalue weighted by molar-refractivity contribution is 0.0772. The number of aliphatic hydroxyl groups is 1. The van der Waals surface area contributed by atoms with Gasteiger partial charge in [0.25, 0.3) is 0 Å². The highest BCUT2D eigenvalue weighted by Gasteiger charge is 2.21. The Balaban J connectivity index is 1.34. The molecule has 2 heterocycles. The third-order valence-electron chi connectivity index (χ3n) is 6.05. The first-order chi connectivity index (χ1) is 16.1. The molecule has 1 saturated heterocycles. The summed E-state index contributed by atoms with van der Waals surface area (Å²) >= 11 is 5.96. The van der Waals surface area contributed by atoms with Crippen LogP contribution >= 0.6 is 11.6 Å². The van der Waals surface area contributed by atoms with Crippen LogP contribution in [0, 0.1) is 18.8 Å². The standard InChI is InChI=1S/C28H29ClN2O2/c1-21-18-22(6-14-28(21)33-17-16-31-15-3-2-4-27(31)20-32)5-12-26-13-9-24(19-30-26)23-7-10-25(29)11-8-23/h6-11,13-14,18-19,27,32H,2-4,15-17,20H2,1H3. The molecule has 1 N–H and O–H groups in total. The molecule has 170 valence electrons. The van der Waals surface area contributed by atoms with Gasteiger partial charge in [-0.25, -0.2) is 4.98 Å². The number of hydrogen-bond donors (Lipinski definition) is 1. The maximum atomic E-state index is 9.56. The van der Waals surface area contributed by atoms with Gasteiger partial charge in [-0.2, -0.15) is 0 Å². The quantitative estimate of drug-likeness (QED) is 0.504. The molecular weight excluding hydrogens is 432 g/mol. The van der Waals surface area contributed by atoms with Crippen LogP contribution in [0.25, 0.3) is 11.1 Å². The van der Waals surface area contributed by atoms with Crippen molar-refractivity contribution in [3.8, 4) is 28.7 Å².